The zero-order chi connectivity index (χ0) is 15.3. The minimum atomic E-state index is -0.899. The number of amides is 2. The largest absolute Gasteiger partial charge is 0.481 e. The molecule has 0 spiro atoms. The van der Waals surface area contributed by atoms with Crippen LogP contribution in [0.5, 0.6) is 0 Å². The van der Waals surface area contributed by atoms with E-state index in [1.54, 1.807) is 26.0 Å². The molecule has 0 aliphatic heterocycles. The van der Waals surface area contributed by atoms with E-state index in [4.69, 9.17) is 28.3 Å². The Morgan fingerprint density at radius 3 is 2.60 bits per heavy atom. The Kier molecular flexibility index (Phi) is 6.10. The van der Waals surface area contributed by atoms with Crippen LogP contribution in [0.25, 0.3) is 0 Å². The number of carboxylic acid groups (broad SMARTS) is 1. The summed E-state index contributed by atoms with van der Waals surface area (Å²) >= 11 is 12.1. The van der Waals surface area contributed by atoms with Crippen LogP contribution in [0.4, 0.5) is 10.5 Å². The molecule has 20 heavy (non-hydrogen) atoms. The van der Waals surface area contributed by atoms with E-state index in [0.717, 1.165) is 5.56 Å². The first-order chi connectivity index (χ1) is 9.31. The van der Waals surface area contributed by atoms with Gasteiger partial charge in [-0.2, -0.15) is 0 Å². The van der Waals surface area contributed by atoms with Crippen LogP contribution in [0.3, 0.4) is 0 Å². The van der Waals surface area contributed by atoms with Gasteiger partial charge in [0.2, 0.25) is 0 Å². The highest BCUT2D eigenvalue weighted by Crippen LogP contribution is 2.32. The smallest absolute Gasteiger partial charge is 0.319 e. The number of carboxylic acids is 1. The molecule has 7 heteroatoms. The molecule has 0 aliphatic carbocycles. The second-order valence-electron chi connectivity index (χ2n) is 4.49. The van der Waals surface area contributed by atoms with Gasteiger partial charge in [-0.3, -0.25) is 4.79 Å². The van der Waals surface area contributed by atoms with Gasteiger partial charge in [0.15, 0.2) is 0 Å². The Balaban J connectivity index is 2.63. The maximum Gasteiger partial charge on any atom is 0.319 e. The lowest BCUT2D eigenvalue weighted by Crippen LogP contribution is -2.36. The number of halogens is 2. The molecule has 1 atom stereocenters. The van der Waals surface area contributed by atoms with E-state index >= 15 is 0 Å². The molecule has 5 nitrogen and oxygen atoms in total. The standard InChI is InChI=1S/C13H16Cl2N2O3/c1-7-3-5-9(14)12(11(7)15)17-13(20)16-8(2)4-6-10(18)19/h3,5,8H,4,6H2,1-2H3,(H,18,19)(H2,16,17,20). The van der Waals surface area contributed by atoms with Crippen molar-refractivity contribution in [2.24, 2.45) is 0 Å². The summed E-state index contributed by atoms with van der Waals surface area (Å²) < 4.78 is 0. The van der Waals surface area contributed by atoms with Gasteiger partial charge >= 0.3 is 12.0 Å². The lowest BCUT2D eigenvalue weighted by Gasteiger charge is -2.15. The van der Waals surface area contributed by atoms with Crippen LogP contribution in [-0.2, 0) is 4.79 Å². The van der Waals surface area contributed by atoms with Gasteiger partial charge < -0.3 is 15.7 Å². The molecule has 0 bridgehead atoms. The van der Waals surface area contributed by atoms with Gasteiger partial charge in [0, 0.05) is 12.5 Å². The van der Waals surface area contributed by atoms with E-state index in [2.05, 4.69) is 10.6 Å². The molecular weight excluding hydrogens is 303 g/mol. The number of carbonyl (C=O) groups is 2. The minimum absolute atomic E-state index is 0.00654. The summed E-state index contributed by atoms with van der Waals surface area (Å²) in [6.45, 7) is 3.53. The molecule has 0 aromatic heterocycles. The fraction of sp³-hybridized carbons (Fsp3) is 0.385. The zero-order valence-electron chi connectivity index (χ0n) is 11.2. The maximum atomic E-state index is 11.8. The van der Waals surface area contributed by atoms with Crippen LogP contribution >= 0.6 is 23.2 Å². The SMILES string of the molecule is Cc1ccc(Cl)c(NC(=O)NC(C)CCC(=O)O)c1Cl. The third-order valence-electron chi connectivity index (χ3n) is 2.69. The molecule has 1 rings (SSSR count). The van der Waals surface area contributed by atoms with E-state index < -0.39 is 12.0 Å². The van der Waals surface area contributed by atoms with Crippen LogP contribution in [0.1, 0.15) is 25.3 Å². The van der Waals surface area contributed by atoms with E-state index in [-0.39, 0.29) is 12.5 Å². The molecule has 1 aromatic carbocycles. The average molecular weight is 319 g/mol. The van der Waals surface area contributed by atoms with Crippen molar-refractivity contribution in [1.82, 2.24) is 5.32 Å². The minimum Gasteiger partial charge on any atom is -0.481 e. The molecular formula is C13H16Cl2N2O3. The topological polar surface area (TPSA) is 78.4 Å². The summed E-state index contributed by atoms with van der Waals surface area (Å²) in [7, 11) is 0. The maximum absolute atomic E-state index is 11.8. The second kappa shape index (κ2) is 7.36. The highest BCUT2D eigenvalue weighted by atomic mass is 35.5. The number of anilines is 1. The number of hydrogen-bond acceptors (Lipinski definition) is 2. The monoisotopic (exact) mass is 318 g/mol. The van der Waals surface area contributed by atoms with E-state index in [9.17, 15) is 9.59 Å². The first-order valence-corrected chi connectivity index (χ1v) is 6.80. The molecule has 0 radical (unpaired) electrons. The Hall–Kier alpha value is -1.46. The molecule has 0 heterocycles. The number of urea groups is 1. The number of benzene rings is 1. The first kappa shape index (κ1) is 16.6. The lowest BCUT2D eigenvalue weighted by molar-refractivity contribution is -0.137. The summed E-state index contributed by atoms with van der Waals surface area (Å²) in [4.78, 5) is 22.2. The van der Waals surface area contributed by atoms with Crippen LogP contribution < -0.4 is 10.6 Å². The van der Waals surface area contributed by atoms with Crippen molar-refractivity contribution >= 4 is 40.9 Å². The molecule has 0 saturated carbocycles. The van der Waals surface area contributed by atoms with Gasteiger partial charge in [0.1, 0.15) is 0 Å². The Bertz CT molecular complexity index is 521. The number of aryl methyl sites for hydroxylation is 1. The predicted molar refractivity (Wildman–Crippen MR) is 79.7 cm³/mol. The molecule has 1 unspecified atom stereocenters. The fourth-order valence-corrected chi connectivity index (χ4v) is 2.02. The molecule has 1 aromatic rings. The van der Waals surface area contributed by atoms with E-state index in [1.165, 1.54) is 0 Å². The third kappa shape index (κ3) is 4.90. The molecule has 2 amide bonds. The highest BCUT2D eigenvalue weighted by molar-refractivity contribution is 6.40. The van der Waals surface area contributed by atoms with Gasteiger partial charge in [0.25, 0.3) is 0 Å². The lowest BCUT2D eigenvalue weighted by atomic mass is 10.2. The Morgan fingerprint density at radius 2 is 2.00 bits per heavy atom. The van der Waals surface area contributed by atoms with Crippen molar-refractivity contribution in [3.8, 4) is 0 Å². The summed E-state index contributed by atoms with van der Waals surface area (Å²) in [6.07, 6.45) is 0.339. The summed E-state index contributed by atoms with van der Waals surface area (Å²) in [6, 6.07) is 2.65. The van der Waals surface area contributed by atoms with Crippen molar-refractivity contribution in [2.45, 2.75) is 32.7 Å². The summed E-state index contributed by atoms with van der Waals surface area (Å²) in [5.74, 6) is -0.899. The van der Waals surface area contributed by atoms with Gasteiger partial charge in [0.05, 0.1) is 15.7 Å². The quantitative estimate of drug-likeness (QED) is 0.775. The predicted octanol–water partition coefficient (Wildman–Crippen LogP) is 3.68. The summed E-state index contributed by atoms with van der Waals surface area (Å²) in [5.41, 5.74) is 1.14. The molecule has 0 fully saturated rings. The van der Waals surface area contributed by atoms with Crippen LogP contribution in [0.2, 0.25) is 10.0 Å². The third-order valence-corrected chi connectivity index (χ3v) is 3.49. The van der Waals surface area contributed by atoms with Crippen molar-refractivity contribution in [1.29, 1.82) is 0 Å². The van der Waals surface area contributed by atoms with Crippen molar-refractivity contribution < 1.29 is 14.7 Å². The summed E-state index contributed by atoms with van der Waals surface area (Å²) in [5, 5.41) is 14.5. The first-order valence-electron chi connectivity index (χ1n) is 6.05. The number of hydrogen-bond donors (Lipinski definition) is 3. The van der Waals surface area contributed by atoms with Gasteiger partial charge in [-0.1, -0.05) is 29.3 Å². The number of aliphatic carboxylic acids is 1. The Labute approximate surface area is 127 Å². The molecule has 0 saturated heterocycles. The number of rotatable bonds is 5. The van der Waals surface area contributed by atoms with Crippen LogP contribution in [0.15, 0.2) is 12.1 Å². The fourth-order valence-electron chi connectivity index (χ4n) is 1.56. The van der Waals surface area contributed by atoms with E-state index in [1.807, 2.05) is 0 Å². The van der Waals surface area contributed by atoms with Crippen molar-refractivity contribution in [2.75, 3.05) is 5.32 Å². The van der Waals surface area contributed by atoms with Crippen LogP contribution in [-0.4, -0.2) is 23.1 Å². The van der Waals surface area contributed by atoms with Gasteiger partial charge in [-0.05, 0) is 31.9 Å². The van der Waals surface area contributed by atoms with Crippen molar-refractivity contribution in [3.05, 3.63) is 27.7 Å². The highest BCUT2D eigenvalue weighted by Gasteiger charge is 2.13. The average Bonchev–Trinajstić information content (AvgIpc) is 2.37. The molecule has 3 N–H and O–H groups in total. The number of carbonyl (C=O) groups excluding carboxylic acids is 1. The zero-order valence-corrected chi connectivity index (χ0v) is 12.7. The van der Waals surface area contributed by atoms with Crippen molar-refractivity contribution in [3.63, 3.8) is 0 Å². The number of nitrogens with one attached hydrogen (secondary N) is 2. The molecule has 110 valence electrons. The van der Waals surface area contributed by atoms with Crippen LogP contribution in [0, 0.1) is 6.92 Å². The van der Waals surface area contributed by atoms with E-state index in [0.29, 0.717) is 22.2 Å². The Morgan fingerprint density at radius 1 is 1.35 bits per heavy atom. The normalized spacial score (nSPS) is 11.8. The second-order valence-corrected chi connectivity index (χ2v) is 5.27. The molecule has 0 aliphatic rings. The van der Waals surface area contributed by atoms with Gasteiger partial charge in [-0.15, -0.1) is 0 Å². The van der Waals surface area contributed by atoms with Gasteiger partial charge in [-0.25, -0.2) is 4.79 Å².